The zero-order valence-electron chi connectivity index (χ0n) is 11.3. The summed E-state index contributed by atoms with van der Waals surface area (Å²) in [6.07, 6.45) is 3.81. The number of ether oxygens (including phenoxy) is 1. The van der Waals surface area contributed by atoms with Crippen LogP contribution in [0, 0.1) is 0 Å². The number of rotatable bonds is 6. The monoisotopic (exact) mass is 320 g/mol. The predicted molar refractivity (Wildman–Crippen MR) is 87.1 cm³/mol. The number of hydrogen-bond acceptors (Lipinski definition) is 2. The second-order valence-electron chi connectivity index (χ2n) is 4.38. The van der Waals surface area contributed by atoms with Crippen LogP contribution in [0.5, 0.6) is 0 Å². The molecule has 2 aromatic rings. The Hall–Kier alpha value is -1.61. The summed E-state index contributed by atoms with van der Waals surface area (Å²) >= 11 is 11.8. The van der Waals surface area contributed by atoms with E-state index < -0.39 is 0 Å². The molecule has 0 saturated heterocycles. The molecule has 0 bridgehead atoms. The van der Waals surface area contributed by atoms with E-state index in [0.29, 0.717) is 22.2 Å². The number of ketones is 1. The maximum atomic E-state index is 11.9. The van der Waals surface area contributed by atoms with Crippen molar-refractivity contribution in [1.82, 2.24) is 0 Å². The Morgan fingerprint density at radius 1 is 1.10 bits per heavy atom. The Morgan fingerprint density at radius 2 is 1.86 bits per heavy atom. The van der Waals surface area contributed by atoms with Gasteiger partial charge < -0.3 is 4.74 Å². The van der Waals surface area contributed by atoms with Gasteiger partial charge in [0.1, 0.15) is 6.61 Å². The molecule has 4 heteroatoms. The molecular formula is C17H14Cl2O2. The summed E-state index contributed by atoms with van der Waals surface area (Å²) in [7, 11) is 0. The molecule has 0 N–H and O–H groups in total. The molecule has 2 aromatic carbocycles. The first-order valence-corrected chi connectivity index (χ1v) is 7.20. The van der Waals surface area contributed by atoms with Gasteiger partial charge in [-0.25, -0.2) is 0 Å². The van der Waals surface area contributed by atoms with Crippen molar-refractivity contribution in [1.29, 1.82) is 0 Å². The van der Waals surface area contributed by atoms with Crippen LogP contribution in [0.2, 0.25) is 10.0 Å². The van der Waals surface area contributed by atoms with Crippen LogP contribution in [-0.4, -0.2) is 19.0 Å². The fraction of sp³-hybridized carbons (Fsp3) is 0.118. The average molecular weight is 321 g/mol. The predicted octanol–water partition coefficient (Wildman–Crippen LogP) is 4.91. The van der Waals surface area contributed by atoms with Gasteiger partial charge in [0.2, 0.25) is 0 Å². The smallest absolute Gasteiger partial charge is 0.189 e. The van der Waals surface area contributed by atoms with Crippen LogP contribution in [0.4, 0.5) is 0 Å². The summed E-state index contributed by atoms with van der Waals surface area (Å²) in [6.45, 7) is 0.353. The molecule has 21 heavy (non-hydrogen) atoms. The number of carbonyl (C=O) groups is 1. The molecule has 2 rings (SSSR count). The Bertz CT molecular complexity index is 636. The van der Waals surface area contributed by atoms with E-state index in [-0.39, 0.29) is 12.4 Å². The number of halogens is 2. The lowest BCUT2D eigenvalue weighted by atomic mass is 10.1. The fourth-order valence-electron chi connectivity index (χ4n) is 1.76. The minimum Gasteiger partial charge on any atom is -0.369 e. The van der Waals surface area contributed by atoms with E-state index in [1.807, 2.05) is 42.5 Å². The first-order chi connectivity index (χ1) is 10.2. The highest BCUT2D eigenvalue weighted by atomic mass is 35.5. The van der Waals surface area contributed by atoms with Crippen LogP contribution in [-0.2, 0) is 4.74 Å². The Balaban J connectivity index is 1.81. The summed E-state index contributed by atoms with van der Waals surface area (Å²) in [5.41, 5.74) is 1.52. The van der Waals surface area contributed by atoms with Gasteiger partial charge in [-0.2, -0.15) is 0 Å². The third-order valence-electron chi connectivity index (χ3n) is 2.79. The van der Waals surface area contributed by atoms with E-state index in [4.69, 9.17) is 27.9 Å². The Labute approximate surface area is 134 Å². The highest BCUT2D eigenvalue weighted by Gasteiger charge is 2.10. The van der Waals surface area contributed by atoms with Crippen molar-refractivity contribution in [2.75, 3.05) is 13.2 Å². The van der Waals surface area contributed by atoms with Crippen LogP contribution in [0.1, 0.15) is 15.9 Å². The average Bonchev–Trinajstić information content (AvgIpc) is 2.47. The lowest BCUT2D eigenvalue weighted by Gasteiger charge is -2.04. The minimum absolute atomic E-state index is 0.0134. The van der Waals surface area contributed by atoms with Crippen molar-refractivity contribution < 1.29 is 9.53 Å². The van der Waals surface area contributed by atoms with Crippen LogP contribution in [0.25, 0.3) is 6.08 Å². The highest BCUT2D eigenvalue weighted by molar-refractivity contribution is 6.36. The van der Waals surface area contributed by atoms with E-state index in [2.05, 4.69) is 0 Å². The van der Waals surface area contributed by atoms with Gasteiger partial charge in [-0.1, -0.05) is 65.7 Å². The summed E-state index contributed by atoms with van der Waals surface area (Å²) < 4.78 is 5.33. The SMILES string of the molecule is O=C(COCC=Cc1ccccc1)c1ccc(Cl)cc1Cl. The number of benzene rings is 2. The molecule has 0 atom stereocenters. The number of Topliss-reactive ketones (excluding diaryl/α,β-unsaturated/α-hetero) is 1. The van der Waals surface area contributed by atoms with Crippen molar-refractivity contribution >= 4 is 35.1 Å². The largest absolute Gasteiger partial charge is 0.369 e. The molecule has 0 amide bonds. The molecule has 0 spiro atoms. The van der Waals surface area contributed by atoms with Crippen molar-refractivity contribution in [3.05, 3.63) is 75.8 Å². The normalized spacial score (nSPS) is 11.0. The van der Waals surface area contributed by atoms with Crippen molar-refractivity contribution in [3.8, 4) is 0 Å². The second kappa shape index (κ2) is 7.99. The number of hydrogen-bond donors (Lipinski definition) is 0. The molecule has 0 aromatic heterocycles. The summed E-state index contributed by atoms with van der Waals surface area (Å²) in [5.74, 6) is -0.162. The van der Waals surface area contributed by atoms with Gasteiger partial charge >= 0.3 is 0 Å². The molecular weight excluding hydrogens is 307 g/mol. The molecule has 0 aliphatic heterocycles. The van der Waals surface area contributed by atoms with Crippen LogP contribution in [0.15, 0.2) is 54.6 Å². The van der Waals surface area contributed by atoms with Crippen LogP contribution < -0.4 is 0 Å². The van der Waals surface area contributed by atoms with E-state index >= 15 is 0 Å². The molecule has 0 aliphatic carbocycles. The molecule has 0 heterocycles. The molecule has 108 valence electrons. The van der Waals surface area contributed by atoms with E-state index in [1.165, 1.54) is 0 Å². The van der Waals surface area contributed by atoms with E-state index in [9.17, 15) is 4.79 Å². The van der Waals surface area contributed by atoms with Gasteiger partial charge in [0.25, 0.3) is 0 Å². The Morgan fingerprint density at radius 3 is 2.57 bits per heavy atom. The van der Waals surface area contributed by atoms with Gasteiger partial charge in [-0.3, -0.25) is 4.79 Å². The van der Waals surface area contributed by atoms with Crippen LogP contribution >= 0.6 is 23.2 Å². The van der Waals surface area contributed by atoms with Crippen molar-refractivity contribution in [2.24, 2.45) is 0 Å². The lowest BCUT2D eigenvalue weighted by Crippen LogP contribution is -2.09. The maximum Gasteiger partial charge on any atom is 0.189 e. The quantitative estimate of drug-likeness (QED) is 0.558. The van der Waals surface area contributed by atoms with Crippen molar-refractivity contribution in [2.45, 2.75) is 0 Å². The second-order valence-corrected chi connectivity index (χ2v) is 5.22. The standard InChI is InChI=1S/C17H14Cl2O2/c18-14-8-9-15(16(19)11-14)17(20)12-21-10-4-7-13-5-2-1-3-6-13/h1-9,11H,10,12H2. The van der Waals surface area contributed by atoms with E-state index in [0.717, 1.165) is 5.56 Å². The van der Waals surface area contributed by atoms with Gasteiger partial charge in [-0.05, 0) is 23.8 Å². The molecule has 0 fully saturated rings. The molecule has 0 unspecified atom stereocenters. The van der Waals surface area contributed by atoms with Crippen molar-refractivity contribution in [3.63, 3.8) is 0 Å². The summed E-state index contributed by atoms with van der Waals surface area (Å²) in [4.78, 5) is 11.9. The lowest BCUT2D eigenvalue weighted by molar-refractivity contribution is 0.0807. The fourth-order valence-corrected chi connectivity index (χ4v) is 2.28. The zero-order valence-corrected chi connectivity index (χ0v) is 12.8. The first-order valence-electron chi connectivity index (χ1n) is 6.44. The zero-order chi connectivity index (χ0) is 15.1. The summed E-state index contributed by atoms with van der Waals surface area (Å²) in [5, 5.41) is 0.846. The first kappa shape index (κ1) is 15.8. The topological polar surface area (TPSA) is 26.3 Å². The van der Waals surface area contributed by atoms with Crippen LogP contribution in [0.3, 0.4) is 0 Å². The van der Waals surface area contributed by atoms with Gasteiger partial charge in [0.05, 0.1) is 11.6 Å². The molecule has 0 saturated carbocycles. The minimum atomic E-state index is -0.162. The Kier molecular flexibility index (Phi) is 6.00. The van der Waals surface area contributed by atoms with Gasteiger partial charge in [0.15, 0.2) is 5.78 Å². The molecule has 2 nitrogen and oxygen atoms in total. The third kappa shape index (κ3) is 5.01. The number of carbonyl (C=O) groups excluding carboxylic acids is 1. The molecule has 0 aliphatic rings. The molecule has 0 radical (unpaired) electrons. The third-order valence-corrected chi connectivity index (χ3v) is 3.34. The van der Waals surface area contributed by atoms with E-state index in [1.54, 1.807) is 18.2 Å². The highest BCUT2D eigenvalue weighted by Crippen LogP contribution is 2.21. The summed E-state index contributed by atoms with van der Waals surface area (Å²) in [6, 6.07) is 14.7. The van der Waals surface area contributed by atoms with Gasteiger partial charge in [0, 0.05) is 10.6 Å². The van der Waals surface area contributed by atoms with Gasteiger partial charge in [-0.15, -0.1) is 0 Å². The maximum absolute atomic E-state index is 11.9.